The van der Waals surface area contributed by atoms with Crippen LogP contribution in [0.1, 0.15) is 23.7 Å². The minimum atomic E-state index is -1.09. The number of alkyl halides is 1. The highest BCUT2D eigenvalue weighted by Crippen LogP contribution is 2.30. The molecule has 0 aliphatic heterocycles. The molecule has 0 fully saturated rings. The number of aromatic hydroxyl groups is 1. The molecule has 0 saturated carbocycles. The zero-order valence-electron chi connectivity index (χ0n) is 8.52. The normalized spacial score (nSPS) is 14.9. The Morgan fingerprint density at radius 1 is 1.33 bits per heavy atom. The first-order valence-electron chi connectivity index (χ1n) is 4.78. The highest BCUT2D eigenvalue weighted by atomic mass is 35.5. The summed E-state index contributed by atoms with van der Waals surface area (Å²) in [6, 6.07) is 4.94. The van der Waals surface area contributed by atoms with Crippen LogP contribution in [0.3, 0.4) is 0 Å². The average Bonchev–Trinajstić information content (AvgIpc) is 2.17. The molecule has 0 aliphatic carbocycles. The van der Waals surface area contributed by atoms with Gasteiger partial charge in [-0.05, 0) is 25.0 Å². The van der Waals surface area contributed by atoms with Gasteiger partial charge in [0.25, 0.3) is 0 Å². The molecule has 0 aromatic heterocycles. The highest BCUT2D eigenvalue weighted by molar-refractivity contribution is 6.17. The van der Waals surface area contributed by atoms with Gasteiger partial charge in [-0.15, -0.1) is 11.6 Å². The molecule has 1 rings (SSSR count). The first-order chi connectivity index (χ1) is 7.07. The molecular weight excluding hydrogens is 216 g/mol. The number of phenolic OH excluding ortho intramolecular Hbond substituents is 1. The first-order valence-corrected chi connectivity index (χ1v) is 5.32. The summed E-state index contributed by atoms with van der Waals surface area (Å²) in [6.45, 7) is 1.77. The van der Waals surface area contributed by atoms with Gasteiger partial charge >= 0.3 is 0 Å². The van der Waals surface area contributed by atoms with Crippen LogP contribution >= 0.6 is 11.6 Å². The second kappa shape index (κ2) is 5.35. The molecule has 84 valence electrons. The number of benzene rings is 1. The topological polar surface area (TPSA) is 60.7 Å². The second-order valence-electron chi connectivity index (χ2n) is 3.50. The number of aliphatic hydroxyl groups is 2. The van der Waals surface area contributed by atoms with Crippen LogP contribution in [0.5, 0.6) is 5.75 Å². The van der Waals surface area contributed by atoms with E-state index in [1.165, 1.54) is 6.07 Å². The molecule has 4 heteroatoms. The van der Waals surface area contributed by atoms with E-state index in [1.807, 2.05) is 0 Å². The molecule has 1 aromatic carbocycles. The van der Waals surface area contributed by atoms with Gasteiger partial charge in [-0.2, -0.15) is 0 Å². The van der Waals surface area contributed by atoms with Crippen LogP contribution in [0.25, 0.3) is 0 Å². The Morgan fingerprint density at radius 3 is 2.53 bits per heavy atom. The average molecular weight is 231 g/mol. The van der Waals surface area contributed by atoms with Gasteiger partial charge in [-0.25, -0.2) is 0 Å². The van der Waals surface area contributed by atoms with Crippen molar-refractivity contribution in [3.8, 4) is 5.75 Å². The molecular formula is C11H15ClO3. The lowest BCUT2D eigenvalue weighted by atomic mass is 9.97. The van der Waals surface area contributed by atoms with Crippen LogP contribution < -0.4 is 0 Å². The molecule has 3 nitrogen and oxygen atoms in total. The van der Waals surface area contributed by atoms with Crippen molar-refractivity contribution in [3.63, 3.8) is 0 Å². The quantitative estimate of drug-likeness (QED) is 0.691. The van der Waals surface area contributed by atoms with E-state index in [2.05, 4.69) is 0 Å². The number of rotatable bonds is 4. The van der Waals surface area contributed by atoms with Gasteiger partial charge in [0, 0.05) is 11.4 Å². The van der Waals surface area contributed by atoms with Crippen molar-refractivity contribution in [2.45, 2.75) is 25.6 Å². The molecule has 0 aliphatic rings. The van der Waals surface area contributed by atoms with E-state index in [0.29, 0.717) is 5.56 Å². The molecule has 0 amide bonds. The molecule has 0 bridgehead atoms. The van der Waals surface area contributed by atoms with E-state index in [0.717, 1.165) is 5.56 Å². The van der Waals surface area contributed by atoms with Crippen molar-refractivity contribution in [1.82, 2.24) is 0 Å². The number of hydrogen-bond acceptors (Lipinski definition) is 3. The Bertz CT molecular complexity index is 307. The van der Waals surface area contributed by atoms with Crippen LogP contribution in [-0.4, -0.2) is 27.3 Å². The molecule has 2 atom stereocenters. The number of hydrogen-bond donors (Lipinski definition) is 3. The molecule has 0 saturated heterocycles. The monoisotopic (exact) mass is 230 g/mol. The van der Waals surface area contributed by atoms with E-state index < -0.39 is 12.2 Å². The van der Waals surface area contributed by atoms with Gasteiger partial charge in [0.2, 0.25) is 0 Å². The summed E-state index contributed by atoms with van der Waals surface area (Å²) in [7, 11) is 0. The van der Waals surface area contributed by atoms with Crippen LogP contribution in [-0.2, 0) is 0 Å². The maximum Gasteiger partial charge on any atom is 0.121 e. The predicted octanol–water partition coefficient (Wildman–Crippen LogP) is 1.72. The minimum Gasteiger partial charge on any atom is -0.508 e. The third kappa shape index (κ3) is 2.84. The predicted molar refractivity (Wildman–Crippen MR) is 59.1 cm³/mol. The molecule has 1 aromatic rings. The highest BCUT2D eigenvalue weighted by Gasteiger charge is 2.22. The molecule has 0 spiro atoms. The fourth-order valence-corrected chi connectivity index (χ4v) is 1.74. The smallest absolute Gasteiger partial charge is 0.121 e. The zero-order valence-corrected chi connectivity index (χ0v) is 9.28. The van der Waals surface area contributed by atoms with E-state index in [9.17, 15) is 15.3 Å². The summed E-state index contributed by atoms with van der Waals surface area (Å²) in [4.78, 5) is 0. The summed E-state index contributed by atoms with van der Waals surface area (Å²) in [5.74, 6) is 0.265. The first kappa shape index (κ1) is 12.3. The van der Waals surface area contributed by atoms with Gasteiger partial charge in [-0.3, -0.25) is 0 Å². The minimum absolute atomic E-state index is 0.00359. The van der Waals surface area contributed by atoms with Crippen molar-refractivity contribution in [2.24, 2.45) is 0 Å². The lowest BCUT2D eigenvalue weighted by molar-refractivity contribution is 0.0153. The maximum atomic E-state index is 9.81. The van der Waals surface area contributed by atoms with Crippen LogP contribution in [0.4, 0.5) is 0 Å². The Hall–Kier alpha value is -0.770. The SMILES string of the molecule is Cc1cccc(O)c1C(O)C(O)CCCl. The Morgan fingerprint density at radius 2 is 2.00 bits per heavy atom. The van der Waals surface area contributed by atoms with Crippen molar-refractivity contribution >= 4 is 11.6 Å². The number of aliphatic hydroxyl groups excluding tert-OH is 2. The van der Waals surface area contributed by atoms with Crippen molar-refractivity contribution < 1.29 is 15.3 Å². The summed E-state index contributed by atoms with van der Waals surface area (Å²) >= 11 is 5.47. The summed E-state index contributed by atoms with van der Waals surface area (Å²) in [5.41, 5.74) is 1.12. The maximum absolute atomic E-state index is 9.81. The lowest BCUT2D eigenvalue weighted by Crippen LogP contribution is -2.19. The fraction of sp³-hybridized carbons (Fsp3) is 0.455. The number of aryl methyl sites for hydroxylation is 1. The standard InChI is InChI=1S/C11H15ClO3/c1-7-3-2-4-8(13)10(7)11(15)9(14)5-6-12/h2-4,9,11,13-15H,5-6H2,1H3. The molecule has 2 unspecified atom stereocenters. The summed E-state index contributed by atoms with van der Waals surface area (Å²) < 4.78 is 0. The third-order valence-corrected chi connectivity index (χ3v) is 2.58. The van der Waals surface area contributed by atoms with Gasteiger partial charge in [0.1, 0.15) is 11.9 Å². The van der Waals surface area contributed by atoms with E-state index >= 15 is 0 Å². The zero-order chi connectivity index (χ0) is 11.4. The van der Waals surface area contributed by atoms with Gasteiger partial charge in [-0.1, -0.05) is 12.1 Å². The second-order valence-corrected chi connectivity index (χ2v) is 3.88. The van der Waals surface area contributed by atoms with E-state index in [-0.39, 0.29) is 18.1 Å². The third-order valence-electron chi connectivity index (χ3n) is 2.37. The Balaban J connectivity index is 2.94. The number of phenols is 1. The molecule has 15 heavy (non-hydrogen) atoms. The van der Waals surface area contributed by atoms with Crippen LogP contribution in [0.2, 0.25) is 0 Å². The Kier molecular flexibility index (Phi) is 4.39. The van der Waals surface area contributed by atoms with Crippen molar-refractivity contribution in [3.05, 3.63) is 29.3 Å². The van der Waals surface area contributed by atoms with Crippen LogP contribution in [0, 0.1) is 6.92 Å². The van der Waals surface area contributed by atoms with Gasteiger partial charge < -0.3 is 15.3 Å². The van der Waals surface area contributed by atoms with E-state index in [1.54, 1.807) is 19.1 Å². The fourth-order valence-electron chi connectivity index (χ4n) is 1.51. The number of halogens is 1. The summed E-state index contributed by atoms with van der Waals surface area (Å²) in [5, 5.41) is 29.0. The van der Waals surface area contributed by atoms with Crippen molar-refractivity contribution in [2.75, 3.05) is 5.88 Å². The Labute approximate surface area is 93.9 Å². The largest absolute Gasteiger partial charge is 0.508 e. The molecule has 0 heterocycles. The van der Waals surface area contributed by atoms with Crippen molar-refractivity contribution in [1.29, 1.82) is 0 Å². The lowest BCUT2D eigenvalue weighted by Gasteiger charge is -2.20. The summed E-state index contributed by atoms with van der Waals surface area (Å²) in [6.07, 6.45) is -1.75. The molecule has 0 radical (unpaired) electrons. The van der Waals surface area contributed by atoms with Gasteiger partial charge in [0.05, 0.1) is 6.10 Å². The van der Waals surface area contributed by atoms with Gasteiger partial charge in [0.15, 0.2) is 0 Å². The molecule has 3 N–H and O–H groups in total. The van der Waals surface area contributed by atoms with E-state index in [4.69, 9.17) is 11.6 Å². The van der Waals surface area contributed by atoms with Crippen LogP contribution in [0.15, 0.2) is 18.2 Å².